The number of rotatable bonds is 0. The minimum absolute atomic E-state index is 0. The first-order valence-electron chi connectivity index (χ1n) is 1.43. The Morgan fingerprint density at radius 3 is 2.50 bits per heavy atom. The van der Waals surface area contributed by atoms with E-state index in [0.29, 0.717) is 0 Å². The summed E-state index contributed by atoms with van der Waals surface area (Å²) in [6.07, 6.45) is 5.08. The first-order valence-corrected chi connectivity index (χ1v) is 1.43. The van der Waals surface area contributed by atoms with Crippen LogP contribution in [0.3, 0.4) is 0 Å². The van der Waals surface area contributed by atoms with Crippen molar-refractivity contribution in [3.63, 3.8) is 0 Å². The van der Waals surface area contributed by atoms with Crippen LogP contribution in [0.2, 0.25) is 0 Å². The highest BCUT2D eigenvalue weighted by Gasteiger charge is 1.56. The number of nitrogens with one attached hydrogen (secondary N) is 1. The van der Waals surface area contributed by atoms with Gasteiger partial charge in [0.15, 0.2) is 0 Å². The first kappa shape index (κ1) is 5.69. The van der Waals surface area contributed by atoms with E-state index < -0.39 is 0 Å². The van der Waals surface area contributed by atoms with Crippen LogP contribution < -0.4 is 0 Å². The average molecular weight is 148 g/mol. The molecule has 1 aromatic heterocycles. The Morgan fingerprint density at radius 1 is 1.50 bits per heavy atom. The van der Waals surface area contributed by atoms with E-state index in [4.69, 9.17) is 0 Å². The van der Waals surface area contributed by atoms with E-state index in [1.165, 1.54) is 0 Å². The number of halogens is 1. The molecule has 3 heteroatoms. The number of nitrogens with zero attached hydrogens (tertiary/aromatic N) is 1. The Morgan fingerprint density at radius 2 is 2.33 bits per heavy atom. The van der Waals surface area contributed by atoms with Crippen molar-refractivity contribution in [2.24, 2.45) is 0 Å². The Kier molecular flexibility index (Phi) is 2.75. The summed E-state index contributed by atoms with van der Waals surface area (Å²) in [7, 11) is 0. The second kappa shape index (κ2) is 2.90. The maximum Gasteiger partial charge on any atom is 1.00 e. The molecule has 2 radical (unpaired) electrons. The molecule has 1 aromatic rings. The van der Waals surface area contributed by atoms with Crippen LogP contribution >= 0.6 is 0 Å². The Bertz CT molecular complexity index is 65.3. The monoisotopic (exact) mass is 147 g/mol. The molecule has 1 rings (SSSR count). The zero-order chi connectivity index (χ0) is 3.54. The van der Waals surface area contributed by atoms with Gasteiger partial charge in [0.2, 0.25) is 0 Å². The SMILES string of the molecule is [Br+].c1c[nH]cn1. The fourth-order valence-corrected chi connectivity index (χ4v) is 0.215. The van der Waals surface area contributed by atoms with Crippen molar-refractivity contribution in [2.45, 2.75) is 0 Å². The molecule has 0 aromatic carbocycles. The molecule has 0 saturated carbocycles. The molecule has 0 aliphatic heterocycles. The number of hydrogen-bond donors (Lipinski definition) is 1. The molecule has 2 nitrogen and oxygen atoms in total. The van der Waals surface area contributed by atoms with E-state index >= 15 is 0 Å². The lowest BCUT2D eigenvalue weighted by molar-refractivity contribution is -0.00000116. The summed E-state index contributed by atoms with van der Waals surface area (Å²) < 4.78 is 0. The van der Waals surface area contributed by atoms with Gasteiger partial charge >= 0.3 is 17.0 Å². The van der Waals surface area contributed by atoms with Gasteiger partial charge in [0.25, 0.3) is 0 Å². The minimum Gasteiger partial charge on any atom is -0.351 e. The summed E-state index contributed by atoms with van der Waals surface area (Å²) in [5, 5.41) is 0. The summed E-state index contributed by atoms with van der Waals surface area (Å²) in [4.78, 5) is 6.42. The number of aromatic nitrogens is 2. The number of hydrogen-bond acceptors (Lipinski definition) is 1. The van der Waals surface area contributed by atoms with Gasteiger partial charge in [-0.25, -0.2) is 4.98 Å². The fraction of sp³-hybridized carbons (Fsp3) is 0. The van der Waals surface area contributed by atoms with Crippen molar-refractivity contribution in [3.05, 3.63) is 18.7 Å². The lowest BCUT2D eigenvalue weighted by Gasteiger charge is -1.46. The second-order valence-corrected chi connectivity index (χ2v) is 0.761. The van der Waals surface area contributed by atoms with Gasteiger partial charge in [-0.15, -0.1) is 0 Å². The van der Waals surface area contributed by atoms with E-state index in [2.05, 4.69) is 9.97 Å². The number of imidazole rings is 1. The Hall–Kier alpha value is -0.310. The summed E-state index contributed by atoms with van der Waals surface area (Å²) in [5.74, 6) is 0. The predicted octanol–water partition coefficient (Wildman–Crippen LogP) is 0.410. The molecule has 0 fully saturated rings. The van der Waals surface area contributed by atoms with Crippen LogP contribution in [0.25, 0.3) is 0 Å². The normalized spacial score (nSPS) is 6.67. The second-order valence-electron chi connectivity index (χ2n) is 0.761. The molecular formula is C3H4BrN2+. The summed E-state index contributed by atoms with van der Waals surface area (Å²) >= 11 is 0. The van der Waals surface area contributed by atoms with Crippen molar-refractivity contribution in [3.8, 4) is 0 Å². The molecular weight excluding hydrogens is 144 g/mol. The van der Waals surface area contributed by atoms with Gasteiger partial charge in [-0.2, -0.15) is 0 Å². The molecule has 0 atom stereocenters. The highest BCUT2D eigenvalue weighted by molar-refractivity contribution is 4.64. The van der Waals surface area contributed by atoms with E-state index in [1.807, 2.05) is 0 Å². The molecule has 0 amide bonds. The standard InChI is InChI=1S/C3H4N2.Br/c1-2-5-3-4-1;/h1-3H,(H,4,5);/q;+1. The van der Waals surface area contributed by atoms with Gasteiger partial charge in [-0.05, 0) is 0 Å². The highest BCUT2D eigenvalue weighted by atomic mass is 79.9. The van der Waals surface area contributed by atoms with Gasteiger partial charge in [0.1, 0.15) is 0 Å². The average Bonchev–Trinajstić information content (AvgIpc) is 1.76. The van der Waals surface area contributed by atoms with Crippen LogP contribution in [0.5, 0.6) is 0 Å². The van der Waals surface area contributed by atoms with Crippen LogP contribution in [-0.4, -0.2) is 9.97 Å². The van der Waals surface area contributed by atoms with Crippen LogP contribution in [-0.2, 0) is 0 Å². The first-order chi connectivity index (χ1) is 2.50. The Labute approximate surface area is 46.4 Å². The highest BCUT2D eigenvalue weighted by Crippen LogP contribution is 1.62. The fourth-order valence-electron chi connectivity index (χ4n) is 0.215. The van der Waals surface area contributed by atoms with Crippen molar-refractivity contribution < 1.29 is 17.0 Å². The predicted molar refractivity (Wildman–Crippen MR) is 18.6 cm³/mol. The van der Waals surface area contributed by atoms with E-state index in [9.17, 15) is 0 Å². The van der Waals surface area contributed by atoms with Gasteiger partial charge < -0.3 is 4.98 Å². The van der Waals surface area contributed by atoms with Crippen molar-refractivity contribution in [1.29, 1.82) is 0 Å². The molecule has 6 heavy (non-hydrogen) atoms. The summed E-state index contributed by atoms with van der Waals surface area (Å²) in [6, 6.07) is 0. The van der Waals surface area contributed by atoms with E-state index in [0.717, 1.165) is 0 Å². The van der Waals surface area contributed by atoms with Gasteiger partial charge in [0, 0.05) is 12.4 Å². The van der Waals surface area contributed by atoms with Crippen molar-refractivity contribution in [1.82, 2.24) is 9.97 Å². The zero-order valence-corrected chi connectivity index (χ0v) is 4.64. The van der Waals surface area contributed by atoms with E-state index in [-0.39, 0.29) is 17.0 Å². The Balaban J connectivity index is 0.000000250. The lowest BCUT2D eigenvalue weighted by atomic mass is 11.0. The van der Waals surface area contributed by atoms with E-state index in [1.54, 1.807) is 18.7 Å². The van der Waals surface area contributed by atoms with Crippen LogP contribution in [0.4, 0.5) is 0 Å². The van der Waals surface area contributed by atoms with Gasteiger partial charge in [0.05, 0.1) is 6.33 Å². The van der Waals surface area contributed by atoms with Crippen LogP contribution in [0.1, 0.15) is 0 Å². The maximum atomic E-state index is 3.67. The van der Waals surface area contributed by atoms with Crippen LogP contribution in [0, 0.1) is 17.0 Å². The maximum absolute atomic E-state index is 3.67. The molecule has 0 bridgehead atoms. The molecule has 32 valence electrons. The zero-order valence-electron chi connectivity index (χ0n) is 3.06. The molecule has 1 heterocycles. The minimum atomic E-state index is 0. The molecule has 0 aliphatic rings. The third-order valence-electron chi connectivity index (χ3n) is 0.406. The molecule has 0 unspecified atom stereocenters. The number of aromatic amines is 1. The third-order valence-corrected chi connectivity index (χ3v) is 0.406. The summed E-state index contributed by atoms with van der Waals surface area (Å²) in [6.45, 7) is 0. The molecule has 1 N–H and O–H groups in total. The van der Waals surface area contributed by atoms with Gasteiger partial charge in [-0.3, -0.25) is 0 Å². The quantitative estimate of drug-likeness (QED) is 0.567. The number of H-pyrrole nitrogens is 1. The smallest absolute Gasteiger partial charge is 0.351 e. The topological polar surface area (TPSA) is 28.7 Å². The lowest BCUT2D eigenvalue weighted by Crippen LogP contribution is -1.44. The third kappa shape index (κ3) is 1.21. The molecule has 0 aliphatic carbocycles. The van der Waals surface area contributed by atoms with Crippen molar-refractivity contribution >= 4 is 0 Å². The summed E-state index contributed by atoms with van der Waals surface area (Å²) in [5.41, 5.74) is 0. The van der Waals surface area contributed by atoms with Gasteiger partial charge in [-0.1, -0.05) is 0 Å². The van der Waals surface area contributed by atoms with Crippen molar-refractivity contribution in [2.75, 3.05) is 0 Å². The van der Waals surface area contributed by atoms with Crippen LogP contribution in [0.15, 0.2) is 18.7 Å². The molecule has 0 spiro atoms. The largest absolute Gasteiger partial charge is 1.00 e. The molecule has 0 saturated heterocycles.